The summed E-state index contributed by atoms with van der Waals surface area (Å²) in [6.07, 6.45) is 4.28. The first-order chi connectivity index (χ1) is 19.0. The van der Waals surface area contributed by atoms with Crippen molar-refractivity contribution < 1.29 is 38.9 Å². The van der Waals surface area contributed by atoms with Gasteiger partial charge >= 0.3 is 5.97 Å². The Morgan fingerprint density at radius 2 is 2.15 bits per heavy atom. The molecule has 12 nitrogen and oxygen atoms in total. The number of fused-ring (bicyclic) bond motifs is 3. The van der Waals surface area contributed by atoms with Gasteiger partial charge in [-0.05, 0) is 38.8 Å². The molecular formula is C28H33N5O7. The first-order valence-electron chi connectivity index (χ1n) is 13.2. The van der Waals surface area contributed by atoms with E-state index in [-0.39, 0.29) is 30.0 Å². The molecule has 0 amide bonds. The van der Waals surface area contributed by atoms with Crippen LogP contribution in [0.3, 0.4) is 0 Å². The Bertz CT molecular complexity index is 1420. The molecule has 3 N–H and O–H groups in total. The molecule has 12 heteroatoms. The van der Waals surface area contributed by atoms with Gasteiger partial charge in [0, 0.05) is 29.9 Å². The fraction of sp³-hybridized carbons (Fsp3) is 0.464. The minimum Gasteiger partial charge on any atom is -0.857 e. The van der Waals surface area contributed by atoms with Gasteiger partial charge in [0.25, 0.3) is 5.84 Å². The largest absolute Gasteiger partial charge is 0.857 e. The summed E-state index contributed by atoms with van der Waals surface area (Å²) in [6, 6.07) is 1.73. The van der Waals surface area contributed by atoms with Gasteiger partial charge in [-0.1, -0.05) is 13.0 Å². The van der Waals surface area contributed by atoms with E-state index in [1.165, 1.54) is 0 Å². The summed E-state index contributed by atoms with van der Waals surface area (Å²) in [5, 5.41) is 30.4. The number of guanidine groups is 1. The zero-order valence-electron chi connectivity index (χ0n) is 23.2. The van der Waals surface area contributed by atoms with E-state index in [4.69, 9.17) is 24.4 Å². The van der Waals surface area contributed by atoms with Crippen LogP contribution in [0.5, 0.6) is 17.2 Å². The molecule has 0 aromatic heterocycles. The fourth-order valence-electron chi connectivity index (χ4n) is 5.20. The van der Waals surface area contributed by atoms with Crippen molar-refractivity contribution in [1.29, 1.82) is 5.41 Å². The topological polar surface area (TPSA) is 163 Å². The van der Waals surface area contributed by atoms with E-state index in [1.807, 2.05) is 6.08 Å². The normalized spacial score (nSPS) is 23.1. The summed E-state index contributed by atoms with van der Waals surface area (Å²) in [4.78, 5) is 25.5. The van der Waals surface area contributed by atoms with E-state index in [1.54, 1.807) is 40.0 Å². The Labute approximate surface area is 231 Å². The number of rotatable bonds is 8. The lowest BCUT2D eigenvalue weighted by Crippen LogP contribution is -3.14. The molecule has 4 aliphatic rings. The van der Waals surface area contributed by atoms with Crippen LogP contribution in [0.4, 0.5) is 0 Å². The summed E-state index contributed by atoms with van der Waals surface area (Å²) in [7, 11) is 1.57. The SMILES string of the molecule is CCOC(=O)C1=CC(=CCC(C)C[NH+]2CN=C3C([O-])=NC(=N)N=C32)c2c(cc3c(c2OC)CC(C(C)(C)O)O3)O1. The zero-order valence-corrected chi connectivity index (χ0v) is 23.2. The van der Waals surface area contributed by atoms with Gasteiger partial charge in [0.05, 0.1) is 31.4 Å². The van der Waals surface area contributed by atoms with Crippen LogP contribution in [0, 0.1) is 11.3 Å². The molecule has 0 radical (unpaired) electrons. The van der Waals surface area contributed by atoms with Crippen LogP contribution >= 0.6 is 0 Å². The number of aliphatic hydroxyl groups is 1. The molecule has 3 unspecified atom stereocenters. The highest BCUT2D eigenvalue weighted by molar-refractivity contribution is 6.66. The minimum atomic E-state index is -1.07. The van der Waals surface area contributed by atoms with Crippen LogP contribution in [-0.2, 0) is 16.0 Å². The number of esters is 1. The van der Waals surface area contributed by atoms with Crippen molar-refractivity contribution in [2.45, 2.75) is 52.2 Å². The third-order valence-electron chi connectivity index (χ3n) is 7.18. The Morgan fingerprint density at radius 3 is 2.85 bits per heavy atom. The summed E-state index contributed by atoms with van der Waals surface area (Å²) in [5.74, 6) is 0.725. The number of nitrogens with zero attached hydrogens (tertiary/aromatic N) is 3. The number of nitrogens with one attached hydrogen (secondary N) is 2. The van der Waals surface area contributed by atoms with Gasteiger partial charge in [0.1, 0.15) is 23.4 Å². The van der Waals surface area contributed by atoms with Crippen LogP contribution in [0.1, 0.15) is 45.2 Å². The third-order valence-corrected chi connectivity index (χ3v) is 7.18. The molecule has 0 saturated carbocycles. The van der Waals surface area contributed by atoms with Gasteiger partial charge in [-0.15, -0.1) is 0 Å². The molecule has 0 fully saturated rings. The number of amidine groups is 1. The van der Waals surface area contributed by atoms with Gasteiger partial charge in [-0.3, -0.25) is 10.3 Å². The number of aliphatic imine (C=N–C) groups is 3. The molecule has 4 heterocycles. The average Bonchev–Trinajstić information content (AvgIpc) is 3.50. The average molecular weight is 552 g/mol. The van der Waals surface area contributed by atoms with E-state index in [0.717, 1.165) is 16.0 Å². The quantitative estimate of drug-likeness (QED) is 0.394. The number of carbonyl (C=O) groups excluding carboxylic acids is 1. The van der Waals surface area contributed by atoms with E-state index < -0.39 is 23.6 Å². The number of methoxy groups -OCH3 is 1. The number of carbonyl (C=O) groups is 1. The summed E-state index contributed by atoms with van der Waals surface area (Å²) >= 11 is 0. The third kappa shape index (κ3) is 5.11. The van der Waals surface area contributed by atoms with Crippen LogP contribution < -0.4 is 24.2 Å². The number of hydrogen-bond acceptors (Lipinski definition) is 9. The van der Waals surface area contributed by atoms with Crippen LogP contribution in [0.15, 0.2) is 39.0 Å². The van der Waals surface area contributed by atoms with Crippen molar-refractivity contribution in [2.75, 3.05) is 26.9 Å². The van der Waals surface area contributed by atoms with Crippen LogP contribution in [-0.4, -0.2) is 73.1 Å². The number of ether oxygens (including phenoxy) is 4. The predicted molar refractivity (Wildman–Crippen MR) is 145 cm³/mol. The highest BCUT2D eigenvalue weighted by Gasteiger charge is 2.40. The lowest BCUT2D eigenvalue weighted by molar-refractivity contribution is -0.802. The standard InChI is InChI=1S/C28H33N5O7/c1-6-38-26(35)19-9-15(8-7-14(2)12-33-13-30-22-24(33)31-27(29)32-25(22)34)21-18(39-19)11-17-16(23(21)37-5)10-20(40-17)28(3,4)36/h8-9,11,14,20,36H,6-7,10,12-13H2,1-5H3,(H2,29,32,34). The highest BCUT2D eigenvalue weighted by Crippen LogP contribution is 2.50. The Hall–Kier alpha value is -4.03. The number of quaternary nitrogens is 1. The van der Waals surface area contributed by atoms with E-state index >= 15 is 0 Å². The van der Waals surface area contributed by atoms with Crippen molar-refractivity contribution in [3.63, 3.8) is 0 Å². The van der Waals surface area contributed by atoms with Crippen molar-refractivity contribution in [3.8, 4) is 17.2 Å². The smallest absolute Gasteiger partial charge is 0.374 e. The highest BCUT2D eigenvalue weighted by atomic mass is 16.6. The molecule has 3 atom stereocenters. The predicted octanol–water partition coefficient (Wildman–Crippen LogP) is 0.421. The first kappa shape index (κ1) is 27.5. The molecule has 0 spiro atoms. The Morgan fingerprint density at radius 1 is 1.38 bits per heavy atom. The van der Waals surface area contributed by atoms with Gasteiger partial charge in [-0.25, -0.2) is 14.8 Å². The second-order valence-corrected chi connectivity index (χ2v) is 10.7. The second kappa shape index (κ2) is 10.5. The molecular weight excluding hydrogens is 518 g/mol. The molecule has 5 rings (SSSR count). The number of hydrogen-bond donors (Lipinski definition) is 3. The van der Waals surface area contributed by atoms with E-state index in [9.17, 15) is 15.0 Å². The summed E-state index contributed by atoms with van der Waals surface area (Å²) in [6.45, 7) is 8.37. The maximum absolute atomic E-state index is 12.7. The molecule has 1 aromatic rings. The van der Waals surface area contributed by atoms with Crippen LogP contribution in [0.25, 0.3) is 5.57 Å². The summed E-state index contributed by atoms with van der Waals surface area (Å²) in [5.41, 5.74) is 1.40. The Balaban J connectivity index is 1.44. The van der Waals surface area contributed by atoms with Gasteiger partial charge in [0.2, 0.25) is 11.7 Å². The molecule has 0 saturated heterocycles. The monoisotopic (exact) mass is 551 g/mol. The Kier molecular flexibility index (Phi) is 7.23. The van der Waals surface area contributed by atoms with Crippen molar-refractivity contribution in [2.24, 2.45) is 20.9 Å². The van der Waals surface area contributed by atoms with Gasteiger partial charge in [-0.2, -0.15) is 4.99 Å². The maximum Gasteiger partial charge on any atom is 0.374 e. The van der Waals surface area contributed by atoms with E-state index in [0.29, 0.717) is 54.7 Å². The van der Waals surface area contributed by atoms with E-state index in [2.05, 4.69) is 21.9 Å². The molecule has 4 aliphatic heterocycles. The van der Waals surface area contributed by atoms with Gasteiger partial charge in [0.15, 0.2) is 12.4 Å². The van der Waals surface area contributed by atoms with Gasteiger partial charge < -0.3 is 29.2 Å². The zero-order chi connectivity index (χ0) is 28.8. The first-order valence-corrected chi connectivity index (χ1v) is 13.2. The lowest BCUT2D eigenvalue weighted by atomic mass is 9.91. The van der Waals surface area contributed by atoms with Crippen molar-refractivity contribution in [1.82, 2.24) is 0 Å². The molecule has 40 heavy (non-hydrogen) atoms. The van der Waals surface area contributed by atoms with Crippen molar-refractivity contribution in [3.05, 3.63) is 35.1 Å². The molecule has 1 aromatic carbocycles. The molecule has 212 valence electrons. The van der Waals surface area contributed by atoms with Crippen molar-refractivity contribution >= 4 is 34.9 Å². The second-order valence-electron chi connectivity index (χ2n) is 10.7. The number of benzene rings is 1. The number of allylic oxidation sites excluding steroid dienone is 3. The minimum absolute atomic E-state index is 0.0489. The summed E-state index contributed by atoms with van der Waals surface area (Å²) < 4.78 is 23.1. The fourth-order valence-corrected chi connectivity index (χ4v) is 5.20. The van der Waals surface area contributed by atoms with Crippen LogP contribution in [0.2, 0.25) is 0 Å². The maximum atomic E-state index is 12.7. The lowest BCUT2D eigenvalue weighted by Gasteiger charge is -2.24. The molecule has 0 bridgehead atoms. The molecule has 0 aliphatic carbocycles.